The van der Waals surface area contributed by atoms with Crippen molar-refractivity contribution in [2.45, 2.75) is 39.9 Å². The fourth-order valence-electron chi connectivity index (χ4n) is 3.48. The number of nitrogens with zero attached hydrogens (tertiary/aromatic N) is 3. The zero-order chi connectivity index (χ0) is 25.4. The molecule has 2 aromatic carbocycles. The van der Waals surface area contributed by atoms with E-state index in [1.54, 1.807) is 33.3 Å². The number of rotatable bonds is 11. The highest BCUT2D eigenvalue weighted by molar-refractivity contribution is 5.69. The Bertz CT molecular complexity index is 1280. The van der Waals surface area contributed by atoms with Crippen LogP contribution in [0.1, 0.15) is 30.0 Å². The molecule has 0 atom stereocenters. The van der Waals surface area contributed by atoms with Gasteiger partial charge in [0.05, 0.1) is 33.8 Å². The van der Waals surface area contributed by atoms with Gasteiger partial charge in [0.15, 0.2) is 0 Å². The number of carbonyl (C=O) groups excluding carboxylic acids is 1. The summed E-state index contributed by atoms with van der Waals surface area (Å²) in [6.07, 6.45) is -0.106. The minimum absolute atomic E-state index is 0.106. The van der Waals surface area contributed by atoms with Gasteiger partial charge in [-0.3, -0.25) is 9.36 Å². The van der Waals surface area contributed by atoms with Crippen LogP contribution in [-0.2, 0) is 29.2 Å². The zero-order valence-corrected chi connectivity index (χ0v) is 20.4. The molecule has 0 saturated carbocycles. The lowest BCUT2D eigenvalue weighted by molar-refractivity contribution is -0.143. The molecule has 0 spiro atoms. The number of aromatic nitrogens is 3. The highest BCUT2D eigenvalue weighted by Gasteiger charge is 2.16. The van der Waals surface area contributed by atoms with Gasteiger partial charge in [-0.15, -0.1) is 0 Å². The van der Waals surface area contributed by atoms with Gasteiger partial charge >= 0.3 is 17.3 Å². The Morgan fingerprint density at radius 3 is 2.43 bits per heavy atom. The average molecular weight is 483 g/mol. The van der Waals surface area contributed by atoms with E-state index >= 15 is 0 Å². The van der Waals surface area contributed by atoms with E-state index in [0.29, 0.717) is 11.5 Å². The van der Waals surface area contributed by atoms with Gasteiger partial charge in [0, 0.05) is 24.7 Å². The molecular weight excluding hydrogens is 452 g/mol. The summed E-state index contributed by atoms with van der Waals surface area (Å²) in [7, 11) is 3.12. The topological polar surface area (TPSA) is 114 Å². The van der Waals surface area contributed by atoms with Crippen LogP contribution < -0.4 is 26.2 Å². The third-order valence-electron chi connectivity index (χ3n) is 5.39. The van der Waals surface area contributed by atoms with Crippen molar-refractivity contribution < 1.29 is 19.0 Å². The molecule has 3 aromatic rings. The standard InChI is InChI=1S/C25H30N4O6/c1-5-35-22(30)12-13-28-24(31)27-23(26-15-19-10-11-20(33-3)14-21(19)34-4)29(25(28)32)16-18-8-6-17(2)7-9-18/h6-11,14H,5,12-13,15-16H2,1-4H3,(H,26,27,31). The Balaban J connectivity index is 1.96. The van der Waals surface area contributed by atoms with Gasteiger partial charge in [-0.2, -0.15) is 4.98 Å². The van der Waals surface area contributed by atoms with E-state index in [0.717, 1.165) is 21.3 Å². The van der Waals surface area contributed by atoms with Crippen molar-refractivity contribution in [1.29, 1.82) is 0 Å². The first-order chi connectivity index (χ1) is 16.9. The SMILES string of the molecule is CCOC(=O)CCn1c(=O)nc(NCc2ccc(OC)cc2OC)n(Cc2ccc(C)cc2)c1=O. The van der Waals surface area contributed by atoms with Crippen molar-refractivity contribution in [3.63, 3.8) is 0 Å². The van der Waals surface area contributed by atoms with E-state index in [9.17, 15) is 14.4 Å². The van der Waals surface area contributed by atoms with Crippen LogP contribution in [0.4, 0.5) is 5.95 Å². The second-order valence-corrected chi connectivity index (χ2v) is 7.81. The van der Waals surface area contributed by atoms with Crippen molar-refractivity contribution in [1.82, 2.24) is 14.1 Å². The van der Waals surface area contributed by atoms with Crippen LogP contribution in [0.2, 0.25) is 0 Å². The molecule has 1 heterocycles. The Kier molecular flexibility index (Phi) is 8.66. The first kappa shape index (κ1) is 25.5. The predicted molar refractivity (Wildman–Crippen MR) is 131 cm³/mol. The maximum atomic E-state index is 13.3. The summed E-state index contributed by atoms with van der Waals surface area (Å²) in [5, 5.41) is 3.09. The Morgan fingerprint density at radius 1 is 1.03 bits per heavy atom. The molecule has 0 fully saturated rings. The number of methoxy groups -OCH3 is 2. The third-order valence-corrected chi connectivity index (χ3v) is 5.39. The van der Waals surface area contributed by atoms with Crippen molar-refractivity contribution >= 4 is 11.9 Å². The smallest absolute Gasteiger partial charge is 0.354 e. The molecule has 0 radical (unpaired) electrons. The van der Waals surface area contributed by atoms with Gasteiger partial charge in [0.25, 0.3) is 0 Å². The van der Waals surface area contributed by atoms with Gasteiger partial charge in [-0.25, -0.2) is 14.2 Å². The number of benzene rings is 2. The Labute approximate surface area is 203 Å². The number of esters is 1. The van der Waals surface area contributed by atoms with Gasteiger partial charge < -0.3 is 19.5 Å². The molecule has 0 unspecified atom stereocenters. The van der Waals surface area contributed by atoms with Crippen molar-refractivity contribution in [2.24, 2.45) is 0 Å². The molecule has 1 N–H and O–H groups in total. The number of nitrogens with one attached hydrogen (secondary N) is 1. The first-order valence-electron chi connectivity index (χ1n) is 11.2. The summed E-state index contributed by atoms with van der Waals surface area (Å²) in [5.41, 5.74) is 1.42. The maximum absolute atomic E-state index is 13.3. The number of anilines is 1. The second-order valence-electron chi connectivity index (χ2n) is 7.81. The van der Waals surface area contributed by atoms with E-state index < -0.39 is 17.3 Å². The van der Waals surface area contributed by atoms with Crippen LogP contribution in [0, 0.1) is 6.92 Å². The van der Waals surface area contributed by atoms with Gasteiger partial charge in [0.1, 0.15) is 11.5 Å². The monoisotopic (exact) mass is 482 g/mol. The van der Waals surface area contributed by atoms with Crippen LogP contribution in [0.15, 0.2) is 52.1 Å². The van der Waals surface area contributed by atoms with Gasteiger partial charge in [-0.05, 0) is 31.5 Å². The zero-order valence-electron chi connectivity index (χ0n) is 20.4. The second kappa shape index (κ2) is 11.9. The Morgan fingerprint density at radius 2 is 1.77 bits per heavy atom. The summed E-state index contributed by atoms with van der Waals surface area (Å²) in [4.78, 5) is 41.9. The molecule has 0 bridgehead atoms. The predicted octanol–water partition coefficient (Wildman–Crippen LogP) is 2.34. The van der Waals surface area contributed by atoms with Gasteiger partial charge in [-0.1, -0.05) is 29.8 Å². The van der Waals surface area contributed by atoms with Crippen LogP contribution in [-0.4, -0.2) is 40.9 Å². The van der Waals surface area contributed by atoms with Crippen molar-refractivity contribution in [3.05, 3.63) is 80.1 Å². The molecule has 0 amide bonds. The molecule has 3 rings (SSSR count). The lowest BCUT2D eigenvalue weighted by Crippen LogP contribution is -2.43. The summed E-state index contributed by atoms with van der Waals surface area (Å²) in [6.45, 7) is 4.21. The molecule has 1 aromatic heterocycles. The molecule has 0 saturated heterocycles. The fraction of sp³-hybridized carbons (Fsp3) is 0.360. The molecule has 0 aliphatic heterocycles. The van der Waals surface area contributed by atoms with Crippen LogP contribution >= 0.6 is 0 Å². The van der Waals surface area contributed by atoms with E-state index in [1.165, 1.54) is 4.57 Å². The first-order valence-corrected chi connectivity index (χ1v) is 11.2. The molecule has 186 valence electrons. The summed E-state index contributed by atoms with van der Waals surface area (Å²) >= 11 is 0. The summed E-state index contributed by atoms with van der Waals surface area (Å²) < 4.78 is 17.9. The fourth-order valence-corrected chi connectivity index (χ4v) is 3.48. The molecular formula is C25H30N4O6. The summed E-state index contributed by atoms with van der Waals surface area (Å²) in [5.74, 6) is 0.861. The lowest BCUT2D eigenvalue weighted by Gasteiger charge is -2.17. The maximum Gasteiger partial charge on any atom is 0.354 e. The molecule has 10 heteroatoms. The van der Waals surface area contributed by atoms with Crippen LogP contribution in [0.3, 0.4) is 0 Å². The van der Waals surface area contributed by atoms with E-state index in [2.05, 4.69) is 10.3 Å². The number of hydrogen-bond donors (Lipinski definition) is 1. The number of carbonyl (C=O) groups is 1. The average Bonchev–Trinajstić information content (AvgIpc) is 2.85. The molecule has 0 aliphatic carbocycles. The molecule has 35 heavy (non-hydrogen) atoms. The molecule has 0 aliphatic rings. The highest BCUT2D eigenvalue weighted by Crippen LogP contribution is 2.25. The number of aryl methyl sites for hydroxylation is 1. The minimum atomic E-state index is -0.747. The van der Waals surface area contributed by atoms with E-state index in [1.807, 2.05) is 37.3 Å². The molecule has 10 nitrogen and oxygen atoms in total. The quantitative estimate of drug-likeness (QED) is 0.415. The van der Waals surface area contributed by atoms with Gasteiger partial charge in [0.2, 0.25) is 5.95 Å². The van der Waals surface area contributed by atoms with E-state index in [-0.39, 0.29) is 38.6 Å². The van der Waals surface area contributed by atoms with E-state index in [4.69, 9.17) is 14.2 Å². The number of hydrogen-bond acceptors (Lipinski definition) is 8. The van der Waals surface area contributed by atoms with Crippen molar-refractivity contribution in [2.75, 3.05) is 26.1 Å². The van der Waals surface area contributed by atoms with Crippen LogP contribution in [0.25, 0.3) is 0 Å². The lowest BCUT2D eigenvalue weighted by atomic mass is 10.1. The highest BCUT2D eigenvalue weighted by atomic mass is 16.5. The summed E-state index contributed by atoms with van der Waals surface area (Å²) in [6, 6.07) is 13.1. The minimum Gasteiger partial charge on any atom is -0.497 e. The normalized spacial score (nSPS) is 10.6. The third kappa shape index (κ3) is 6.50. The van der Waals surface area contributed by atoms with Crippen LogP contribution in [0.5, 0.6) is 11.5 Å². The Hall–Kier alpha value is -4.08. The van der Waals surface area contributed by atoms with Crippen molar-refractivity contribution in [3.8, 4) is 11.5 Å². The number of ether oxygens (including phenoxy) is 3. The largest absolute Gasteiger partial charge is 0.497 e.